The summed E-state index contributed by atoms with van der Waals surface area (Å²) in [6.45, 7) is 0. The van der Waals surface area contributed by atoms with Crippen molar-refractivity contribution in [2.75, 3.05) is 0 Å². The Kier molecular flexibility index (Phi) is 3.05. The van der Waals surface area contributed by atoms with Crippen LogP contribution in [-0.2, 0) is 6.42 Å². The van der Waals surface area contributed by atoms with Crippen LogP contribution in [0.4, 0.5) is 0 Å². The molecule has 0 saturated carbocycles. The van der Waals surface area contributed by atoms with Crippen LogP contribution >= 0.6 is 0 Å². The van der Waals surface area contributed by atoms with Crippen LogP contribution in [0.5, 0.6) is 5.75 Å². The fourth-order valence-corrected chi connectivity index (χ4v) is 3.11. The second-order valence-corrected chi connectivity index (χ2v) is 5.65. The smallest absolute Gasteiger partial charge is 0.115 e. The highest BCUT2D eigenvalue weighted by Crippen LogP contribution is 2.30. The predicted molar refractivity (Wildman–Crippen MR) is 92.4 cm³/mol. The van der Waals surface area contributed by atoms with Crippen LogP contribution in [0.2, 0.25) is 0 Å². The molecule has 0 spiro atoms. The molecule has 0 radical (unpaired) electrons. The van der Waals surface area contributed by atoms with Gasteiger partial charge in [-0.2, -0.15) is 0 Å². The maximum absolute atomic E-state index is 9.44. The van der Waals surface area contributed by atoms with E-state index in [-0.39, 0.29) is 0 Å². The zero-order valence-electron chi connectivity index (χ0n) is 12.2. The van der Waals surface area contributed by atoms with E-state index in [0.717, 1.165) is 6.42 Å². The van der Waals surface area contributed by atoms with E-state index in [4.69, 9.17) is 0 Å². The van der Waals surface area contributed by atoms with Crippen molar-refractivity contribution in [3.63, 3.8) is 0 Å². The van der Waals surface area contributed by atoms with Gasteiger partial charge in [-0.3, -0.25) is 0 Å². The maximum atomic E-state index is 9.44. The molecular formula is C21H16O. The van der Waals surface area contributed by atoms with Gasteiger partial charge in [0.2, 0.25) is 0 Å². The van der Waals surface area contributed by atoms with Crippen LogP contribution in [0.3, 0.4) is 0 Å². The van der Waals surface area contributed by atoms with Crippen molar-refractivity contribution < 1.29 is 5.11 Å². The Hall–Kier alpha value is -2.80. The number of hydrogen-bond acceptors (Lipinski definition) is 1. The summed E-state index contributed by atoms with van der Waals surface area (Å²) in [5.41, 5.74) is 2.53. The first-order valence-electron chi connectivity index (χ1n) is 7.48. The van der Waals surface area contributed by atoms with Crippen LogP contribution in [0, 0.1) is 0 Å². The van der Waals surface area contributed by atoms with Gasteiger partial charge in [0.1, 0.15) is 5.75 Å². The lowest BCUT2D eigenvalue weighted by atomic mass is 9.94. The van der Waals surface area contributed by atoms with Crippen molar-refractivity contribution in [3.05, 3.63) is 90.0 Å². The summed E-state index contributed by atoms with van der Waals surface area (Å²) in [5.74, 6) is 0.312. The first-order chi connectivity index (χ1) is 10.8. The molecular weight excluding hydrogens is 268 g/mol. The van der Waals surface area contributed by atoms with Crippen molar-refractivity contribution in [1.82, 2.24) is 0 Å². The molecule has 1 heteroatoms. The molecule has 22 heavy (non-hydrogen) atoms. The van der Waals surface area contributed by atoms with E-state index in [0.29, 0.717) is 5.75 Å². The third kappa shape index (κ3) is 2.21. The molecule has 1 nitrogen and oxygen atoms in total. The lowest BCUT2D eigenvalue weighted by Gasteiger charge is -2.11. The second kappa shape index (κ2) is 5.19. The van der Waals surface area contributed by atoms with Gasteiger partial charge in [-0.1, -0.05) is 66.7 Å². The Morgan fingerprint density at radius 1 is 0.636 bits per heavy atom. The number of aromatic hydroxyl groups is 1. The molecule has 0 aliphatic heterocycles. The summed E-state index contributed by atoms with van der Waals surface area (Å²) in [4.78, 5) is 0. The summed E-state index contributed by atoms with van der Waals surface area (Å²) < 4.78 is 0. The van der Waals surface area contributed by atoms with Crippen molar-refractivity contribution in [1.29, 1.82) is 0 Å². The average molecular weight is 284 g/mol. The monoisotopic (exact) mass is 284 g/mol. The zero-order chi connectivity index (χ0) is 14.9. The summed E-state index contributed by atoms with van der Waals surface area (Å²) >= 11 is 0. The van der Waals surface area contributed by atoms with E-state index in [1.807, 2.05) is 12.1 Å². The maximum Gasteiger partial charge on any atom is 0.115 e. The van der Waals surface area contributed by atoms with Gasteiger partial charge in [0.05, 0.1) is 0 Å². The number of phenolic OH excluding ortho intramolecular Hbond substituents is 1. The summed E-state index contributed by atoms with van der Waals surface area (Å²) in [7, 11) is 0. The summed E-state index contributed by atoms with van der Waals surface area (Å²) in [5, 5.41) is 14.6. The van der Waals surface area contributed by atoms with Gasteiger partial charge in [-0.05, 0) is 51.2 Å². The minimum absolute atomic E-state index is 0.312. The Morgan fingerprint density at radius 3 is 2.05 bits per heavy atom. The summed E-state index contributed by atoms with van der Waals surface area (Å²) in [6.07, 6.45) is 0.867. The zero-order valence-corrected chi connectivity index (χ0v) is 12.2. The molecule has 0 aliphatic carbocycles. The molecule has 4 aromatic rings. The van der Waals surface area contributed by atoms with E-state index in [2.05, 4.69) is 54.6 Å². The van der Waals surface area contributed by atoms with Gasteiger partial charge in [0.15, 0.2) is 0 Å². The van der Waals surface area contributed by atoms with E-state index >= 15 is 0 Å². The van der Waals surface area contributed by atoms with Gasteiger partial charge in [-0.15, -0.1) is 0 Å². The first kappa shape index (κ1) is 12.9. The fourth-order valence-electron chi connectivity index (χ4n) is 3.11. The largest absolute Gasteiger partial charge is 0.508 e. The Labute approximate surface area is 129 Å². The lowest BCUT2D eigenvalue weighted by Crippen LogP contribution is -1.91. The standard InChI is InChI=1S/C21H16O/c22-18-11-9-15(10-12-18)13-17-14-16-5-1-2-6-19(16)21-8-4-3-7-20(17)21/h1-12,14,22H,13H2. The molecule has 0 aliphatic rings. The Morgan fingerprint density at radius 2 is 1.27 bits per heavy atom. The molecule has 106 valence electrons. The van der Waals surface area contributed by atoms with Crippen molar-refractivity contribution >= 4 is 21.5 Å². The Balaban J connectivity index is 1.93. The van der Waals surface area contributed by atoms with Gasteiger partial charge in [-0.25, -0.2) is 0 Å². The molecule has 0 fully saturated rings. The number of phenols is 1. The summed E-state index contributed by atoms with van der Waals surface area (Å²) in [6, 6.07) is 26.9. The van der Waals surface area contributed by atoms with Crippen molar-refractivity contribution in [2.45, 2.75) is 6.42 Å². The highest BCUT2D eigenvalue weighted by Gasteiger charge is 2.06. The molecule has 0 amide bonds. The van der Waals surface area contributed by atoms with Crippen LogP contribution < -0.4 is 0 Å². The van der Waals surface area contributed by atoms with E-state index < -0.39 is 0 Å². The molecule has 0 atom stereocenters. The molecule has 0 bridgehead atoms. The van der Waals surface area contributed by atoms with Crippen molar-refractivity contribution in [3.8, 4) is 5.75 Å². The predicted octanol–water partition coefficient (Wildman–Crippen LogP) is 5.29. The van der Waals surface area contributed by atoms with E-state index in [1.165, 1.54) is 32.7 Å². The highest BCUT2D eigenvalue weighted by molar-refractivity contribution is 6.09. The minimum atomic E-state index is 0.312. The molecule has 0 aromatic heterocycles. The number of hydrogen-bond donors (Lipinski definition) is 1. The normalized spacial score (nSPS) is 11.1. The number of fused-ring (bicyclic) bond motifs is 3. The van der Waals surface area contributed by atoms with Crippen LogP contribution in [0.1, 0.15) is 11.1 Å². The highest BCUT2D eigenvalue weighted by atomic mass is 16.3. The van der Waals surface area contributed by atoms with Gasteiger partial charge in [0.25, 0.3) is 0 Å². The first-order valence-corrected chi connectivity index (χ1v) is 7.48. The minimum Gasteiger partial charge on any atom is -0.508 e. The van der Waals surface area contributed by atoms with Crippen LogP contribution in [0.15, 0.2) is 78.9 Å². The molecule has 0 unspecified atom stereocenters. The van der Waals surface area contributed by atoms with Crippen molar-refractivity contribution in [2.24, 2.45) is 0 Å². The lowest BCUT2D eigenvalue weighted by molar-refractivity contribution is 0.475. The topological polar surface area (TPSA) is 20.2 Å². The average Bonchev–Trinajstić information content (AvgIpc) is 2.57. The number of benzene rings is 4. The quantitative estimate of drug-likeness (QED) is 0.496. The van der Waals surface area contributed by atoms with Crippen LogP contribution in [0.25, 0.3) is 21.5 Å². The molecule has 4 aromatic carbocycles. The fraction of sp³-hybridized carbons (Fsp3) is 0.0476. The number of rotatable bonds is 2. The third-order valence-electron chi connectivity index (χ3n) is 4.18. The van der Waals surface area contributed by atoms with E-state index in [1.54, 1.807) is 12.1 Å². The Bertz CT molecular complexity index is 952. The SMILES string of the molecule is Oc1ccc(Cc2cc3ccccc3c3ccccc23)cc1. The van der Waals surface area contributed by atoms with Gasteiger partial charge < -0.3 is 5.11 Å². The molecule has 0 saturated heterocycles. The van der Waals surface area contributed by atoms with Gasteiger partial charge >= 0.3 is 0 Å². The van der Waals surface area contributed by atoms with Crippen LogP contribution in [-0.4, -0.2) is 5.11 Å². The molecule has 1 N–H and O–H groups in total. The second-order valence-electron chi connectivity index (χ2n) is 5.65. The van der Waals surface area contributed by atoms with E-state index in [9.17, 15) is 5.11 Å². The third-order valence-corrected chi connectivity index (χ3v) is 4.18. The molecule has 4 rings (SSSR count). The van der Waals surface area contributed by atoms with Gasteiger partial charge in [0, 0.05) is 0 Å². The molecule has 0 heterocycles.